The molecule has 10 heteroatoms. The fourth-order valence-corrected chi connectivity index (χ4v) is 8.29. The van der Waals surface area contributed by atoms with Crippen LogP contribution in [0.5, 0.6) is 11.5 Å². The largest absolute Gasteiger partial charge is 0.457 e. The molecule has 3 amide bonds. The first kappa shape index (κ1) is 31.8. The summed E-state index contributed by atoms with van der Waals surface area (Å²) in [6, 6.07) is 16.0. The molecule has 4 fully saturated rings. The molecule has 7 rings (SSSR count). The highest BCUT2D eigenvalue weighted by molar-refractivity contribution is 6.02. The van der Waals surface area contributed by atoms with Crippen LogP contribution < -0.4 is 15.4 Å². The van der Waals surface area contributed by atoms with Crippen molar-refractivity contribution < 1.29 is 23.9 Å². The van der Waals surface area contributed by atoms with Gasteiger partial charge >= 0.3 is 0 Å². The predicted molar refractivity (Wildman–Crippen MR) is 179 cm³/mol. The van der Waals surface area contributed by atoms with Crippen LogP contribution in [-0.2, 0) is 19.1 Å². The van der Waals surface area contributed by atoms with Gasteiger partial charge in [0, 0.05) is 44.5 Å². The minimum atomic E-state index is -1.15. The lowest BCUT2D eigenvalue weighted by atomic mass is 9.74. The van der Waals surface area contributed by atoms with Crippen molar-refractivity contribution >= 4 is 23.4 Å². The summed E-state index contributed by atoms with van der Waals surface area (Å²) in [5.74, 6) is -0.713. The van der Waals surface area contributed by atoms with E-state index in [0.717, 1.165) is 77.1 Å². The van der Waals surface area contributed by atoms with Gasteiger partial charge in [0.2, 0.25) is 17.7 Å². The number of amides is 3. The van der Waals surface area contributed by atoms with E-state index in [1.807, 2.05) is 42.5 Å². The van der Waals surface area contributed by atoms with Gasteiger partial charge in [0.25, 0.3) is 0 Å². The summed E-state index contributed by atoms with van der Waals surface area (Å²) >= 11 is 0. The molecule has 250 valence electrons. The molecule has 5 aliphatic rings. The second-order valence-electron chi connectivity index (χ2n) is 13.6. The number of benzene rings is 2. The molecule has 4 heterocycles. The van der Waals surface area contributed by atoms with Crippen molar-refractivity contribution in [3.63, 3.8) is 0 Å². The molecule has 0 aromatic heterocycles. The van der Waals surface area contributed by atoms with Gasteiger partial charge in [-0.15, -0.1) is 0 Å². The summed E-state index contributed by atoms with van der Waals surface area (Å²) in [5.41, 5.74) is -0.545. The molecule has 2 aromatic carbocycles. The lowest BCUT2D eigenvalue weighted by Crippen LogP contribution is -2.56. The van der Waals surface area contributed by atoms with Gasteiger partial charge in [-0.2, -0.15) is 0 Å². The third-order valence-corrected chi connectivity index (χ3v) is 10.8. The Balaban J connectivity index is 1.06. The fraction of sp³-hybridized carbons (Fsp3) is 0.541. The van der Waals surface area contributed by atoms with Gasteiger partial charge in [-0.05, 0) is 68.8 Å². The number of para-hydroxylation sites is 1. The van der Waals surface area contributed by atoms with Crippen LogP contribution in [0.25, 0.3) is 0 Å². The Kier molecular flexibility index (Phi) is 9.34. The molecule has 10 nitrogen and oxygen atoms in total. The van der Waals surface area contributed by atoms with Gasteiger partial charge in [0.15, 0.2) is 0 Å². The number of fused-ring (bicyclic) bond motifs is 1. The van der Waals surface area contributed by atoms with Gasteiger partial charge in [0.1, 0.15) is 23.1 Å². The van der Waals surface area contributed by atoms with Crippen molar-refractivity contribution in [3.8, 4) is 11.5 Å². The Hall–Kier alpha value is -3.73. The first-order valence-corrected chi connectivity index (χ1v) is 17.5. The Morgan fingerprint density at radius 1 is 0.894 bits per heavy atom. The Morgan fingerprint density at radius 2 is 1.60 bits per heavy atom. The molecule has 0 unspecified atom stereocenters. The van der Waals surface area contributed by atoms with Gasteiger partial charge in [0.05, 0.1) is 17.9 Å². The Bertz CT molecular complexity index is 1450. The smallest absolute Gasteiger partial charge is 0.246 e. The summed E-state index contributed by atoms with van der Waals surface area (Å²) in [4.78, 5) is 49.0. The minimum absolute atomic E-state index is 0.106. The van der Waals surface area contributed by atoms with Crippen molar-refractivity contribution in [1.82, 2.24) is 20.0 Å². The highest BCUT2D eigenvalue weighted by Crippen LogP contribution is 2.55. The van der Waals surface area contributed by atoms with E-state index >= 15 is 0 Å². The predicted octanol–water partition coefficient (Wildman–Crippen LogP) is 4.04. The van der Waals surface area contributed by atoms with Gasteiger partial charge < -0.3 is 34.8 Å². The molecular weight excluding hydrogens is 594 g/mol. The van der Waals surface area contributed by atoms with Crippen LogP contribution >= 0.6 is 0 Å². The summed E-state index contributed by atoms with van der Waals surface area (Å²) < 4.78 is 12.4. The lowest BCUT2D eigenvalue weighted by Gasteiger charge is -2.36. The van der Waals surface area contributed by atoms with E-state index in [1.165, 1.54) is 6.42 Å². The minimum Gasteiger partial charge on any atom is -0.457 e. The van der Waals surface area contributed by atoms with Crippen LogP contribution in [0, 0.1) is 11.8 Å². The number of carbonyl (C=O) groups is 3. The zero-order valence-corrected chi connectivity index (χ0v) is 27.3. The number of likely N-dealkylation sites (N-methyl/N-ethyl adjacent to an activating group) is 1. The number of nitrogens with zero attached hydrogens (tertiary/aromatic N) is 3. The third kappa shape index (κ3) is 6.43. The Labute approximate surface area is 277 Å². The van der Waals surface area contributed by atoms with E-state index in [4.69, 9.17) is 9.47 Å². The van der Waals surface area contributed by atoms with E-state index in [0.29, 0.717) is 18.0 Å². The van der Waals surface area contributed by atoms with E-state index < -0.39 is 29.6 Å². The highest BCUT2D eigenvalue weighted by atomic mass is 16.5. The average Bonchev–Trinajstić information content (AvgIpc) is 3.74. The van der Waals surface area contributed by atoms with E-state index in [-0.39, 0.29) is 23.8 Å². The maximum absolute atomic E-state index is 14.3. The number of hydrogen-bond acceptors (Lipinski definition) is 7. The molecule has 2 bridgehead atoms. The van der Waals surface area contributed by atoms with Crippen molar-refractivity contribution in [3.05, 3.63) is 66.7 Å². The standard InChI is InChI=1S/C37H47N5O5/c1-2-40-22-24-41(25-23-40)20-9-21-42-33(35(44)39-26-10-5-3-6-11-26)37-19-18-30(47-37)31(32(37)36(42)45)34(43)38-27-14-16-29(17-15-27)46-28-12-7-4-8-13-28/h4,7-8,12-19,26,30-33H,2-3,5-6,9-11,20-25H2,1H3,(H,38,43)(H,39,44)/t30-,31-,32-,33+,37-/m0/s1. The average molecular weight is 642 g/mol. The van der Waals surface area contributed by atoms with E-state index in [2.05, 4.69) is 27.4 Å². The van der Waals surface area contributed by atoms with Crippen molar-refractivity contribution in [2.45, 2.75) is 69.2 Å². The number of likely N-dealkylation sites (tertiary alicyclic amines) is 1. The number of rotatable bonds is 11. The first-order chi connectivity index (χ1) is 22.9. The number of anilines is 1. The number of ether oxygens (including phenoxy) is 2. The monoisotopic (exact) mass is 641 g/mol. The van der Waals surface area contributed by atoms with Crippen molar-refractivity contribution in [2.75, 3.05) is 51.1 Å². The van der Waals surface area contributed by atoms with E-state index in [1.54, 1.807) is 29.2 Å². The summed E-state index contributed by atoms with van der Waals surface area (Å²) in [6.45, 7) is 8.69. The quantitative estimate of drug-likeness (QED) is 0.357. The van der Waals surface area contributed by atoms with Gasteiger partial charge in [-0.3, -0.25) is 14.4 Å². The SMILES string of the molecule is CCN1CCN(CCCN2C(=O)[C@@H]3[C@@H](C(=O)Nc4ccc(Oc5ccccc5)cc4)[C@@H]4C=C[C@@]3(O4)[C@H]2C(=O)NC2CCCCC2)CC1. The molecule has 0 radical (unpaired) electrons. The number of carbonyl (C=O) groups excluding carboxylic acids is 3. The summed E-state index contributed by atoms with van der Waals surface area (Å²) in [5, 5.41) is 6.30. The van der Waals surface area contributed by atoms with Crippen LogP contribution in [0.4, 0.5) is 5.69 Å². The van der Waals surface area contributed by atoms with Crippen LogP contribution in [0.1, 0.15) is 45.4 Å². The number of hydrogen-bond donors (Lipinski definition) is 2. The molecule has 5 atom stereocenters. The summed E-state index contributed by atoms with van der Waals surface area (Å²) in [6.07, 6.45) is 9.25. The van der Waals surface area contributed by atoms with Gasteiger partial charge in [-0.1, -0.05) is 56.5 Å². The topological polar surface area (TPSA) is 103 Å². The molecule has 1 spiro atoms. The van der Waals surface area contributed by atoms with Crippen molar-refractivity contribution in [2.24, 2.45) is 11.8 Å². The third-order valence-electron chi connectivity index (χ3n) is 10.8. The normalized spacial score (nSPS) is 29.2. The lowest BCUT2D eigenvalue weighted by molar-refractivity contribution is -0.141. The zero-order chi connectivity index (χ0) is 32.4. The first-order valence-electron chi connectivity index (χ1n) is 17.5. The Morgan fingerprint density at radius 3 is 2.32 bits per heavy atom. The van der Waals surface area contributed by atoms with Crippen LogP contribution in [0.3, 0.4) is 0 Å². The number of piperazine rings is 1. The van der Waals surface area contributed by atoms with Gasteiger partial charge in [-0.25, -0.2) is 0 Å². The number of nitrogens with one attached hydrogen (secondary N) is 2. The van der Waals surface area contributed by atoms with Crippen LogP contribution in [-0.4, -0.2) is 102 Å². The fourth-order valence-electron chi connectivity index (χ4n) is 8.29. The highest BCUT2D eigenvalue weighted by Gasteiger charge is 2.72. The molecule has 2 N–H and O–H groups in total. The zero-order valence-electron chi connectivity index (χ0n) is 27.3. The second kappa shape index (κ2) is 13.8. The maximum Gasteiger partial charge on any atom is 0.246 e. The molecule has 47 heavy (non-hydrogen) atoms. The molecule has 1 aliphatic carbocycles. The molecular formula is C37H47N5O5. The van der Waals surface area contributed by atoms with E-state index in [9.17, 15) is 14.4 Å². The second-order valence-corrected chi connectivity index (χ2v) is 13.6. The van der Waals surface area contributed by atoms with Crippen LogP contribution in [0.15, 0.2) is 66.7 Å². The molecule has 4 aliphatic heterocycles. The van der Waals surface area contributed by atoms with Crippen LogP contribution in [0.2, 0.25) is 0 Å². The molecule has 3 saturated heterocycles. The summed E-state index contributed by atoms with van der Waals surface area (Å²) in [7, 11) is 0. The van der Waals surface area contributed by atoms with Crippen molar-refractivity contribution in [1.29, 1.82) is 0 Å². The maximum atomic E-state index is 14.3. The molecule has 1 saturated carbocycles. The molecule has 2 aromatic rings.